The summed E-state index contributed by atoms with van der Waals surface area (Å²) in [7, 11) is 0. The Bertz CT molecular complexity index is 846. The Morgan fingerprint density at radius 1 is 0.865 bits per heavy atom. The summed E-state index contributed by atoms with van der Waals surface area (Å²) in [4.78, 5) is 49.9. The van der Waals surface area contributed by atoms with Crippen molar-refractivity contribution in [2.75, 3.05) is 46.1 Å². The SMILES string of the molecule is CCCCNC(=O)OCCC(N)(CCOC(=O)NCCCC)COCCN1C(=O)c2ccccc2C1=O. The van der Waals surface area contributed by atoms with Crippen LogP contribution in [-0.2, 0) is 14.2 Å². The summed E-state index contributed by atoms with van der Waals surface area (Å²) in [6.07, 6.45) is 3.11. The number of ether oxygens (including phenoxy) is 3. The van der Waals surface area contributed by atoms with E-state index in [4.69, 9.17) is 19.9 Å². The van der Waals surface area contributed by atoms with Crippen LogP contribution in [0.15, 0.2) is 24.3 Å². The van der Waals surface area contributed by atoms with Crippen molar-refractivity contribution in [3.8, 4) is 0 Å². The predicted molar refractivity (Wildman–Crippen MR) is 137 cm³/mol. The molecule has 0 spiro atoms. The fraction of sp³-hybridized carbons (Fsp3) is 0.615. The van der Waals surface area contributed by atoms with Crippen molar-refractivity contribution in [1.29, 1.82) is 0 Å². The molecule has 4 amide bonds. The summed E-state index contributed by atoms with van der Waals surface area (Å²) in [5.74, 6) is -0.707. The molecule has 0 bridgehead atoms. The lowest BCUT2D eigenvalue weighted by Gasteiger charge is -2.29. The number of carbonyl (C=O) groups is 4. The van der Waals surface area contributed by atoms with Crippen LogP contribution < -0.4 is 16.4 Å². The quantitative estimate of drug-likeness (QED) is 0.210. The number of hydrogen-bond donors (Lipinski definition) is 3. The second kappa shape index (κ2) is 15.8. The van der Waals surface area contributed by atoms with Crippen LogP contribution in [0.1, 0.15) is 73.1 Å². The Hall–Kier alpha value is -3.18. The summed E-state index contributed by atoms with van der Waals surface area (Å²) < 4.78 is 16.2. The number of nitrogens with one attached hydrogen (secondary N) is 2. The zero-order chi connectivity index (χ0) is 27.1. The summed E-state index contributed by atoms with van der Waals surface area (Å²) in [5, 5.41) is 5.34. The number of fused-ring (bicyclic) bond motifs is 1. The molecular weight excluding hydrogens is 480 g/mol. The molecule has 1 heterocycles. The minimum Gasteiger partial charge on any atom is -0.449 e. The average molecular weight is 521 g/mol. The number of rotatable bonds is 17. The van der Waals surface area contributed by atoms with Gasteiger partial charge in [-0.2, -0.15) is 0 Å². The monoisotopic (exact) mass is 520 g/mol. The number of nitrogens with zero attached hydrogens (tertiary/aromatic N) is 1. The number of nitrogens with two attached hydrogens (primary N) is 1. The number of amides is 4. The average Bonchev–Trinajstić information content (AvgIpc) is 3.12. The molecule has 0 aromatic heterocycles. The number of carbonyl (C=O) groups excluding carboxylic acids is 4. The van der Waals surface area contributed by atoms with E-state index in [1.54, 1.807) is 24.3 Å². The minimum absolute atomic E-state index is 0.0534. The number of unbranched alkanes of at least 4 members (excludes halogenated alkanes) is 2. The van der Waals surface area contributed by atoms with Gasteiger partial charge in [0.1, 0.15) is 0 Å². The first-order valence-corrected chi connectivity index (χ1v) is 12.9. The molecule has 206 valence electrons. The van der Waals surface area contributed by atoms with Crippen LogP contribution in [0.5, 0.6) is 0 Å². The van der Waals surface area contributed by atoms with E-state index < -0.39 is 17.7 Å². The molecule has 4 N–H and O–H groups in total. The molecule has 2 rings (SSSR count). The Morgan fingerprint density at radius 3 is 1.81 bits per heavy atom. The smallest absolute Gasteiger partial charge is 0.407 e. The lowest BCUT2D eigenvalue weighted by Crippen LogP contribution is -2.47. The molecule has 0 saturated carbocycles. The van der Waals surface area contributed by atoms with Gasteiger partial charge in [-0.3, -0.25) is 14.5 Å². The van der Waals surface area contributed by atoms with Crippen LogP contribution >= 0.6 is 0 Å². The minimum atomic E-state index is -0.963. The van der Waals surface area contributed by atoms with Gasteiger partial charge in [-0.1, -0.05) is 38.8 Å². The van der Waals surface area contributed by atoms with Gasteiger partial charge in [0, 0.05) is 31.5 Å². The standard InChI is InChI=1S/C26H40N4O7/c1-3-5-13-28-24(33)36-16-11-26(27,12-17-37-25(34)29-14-6-4-2)19-35-18-15-30-22(31)20-9-7-8-10-21(20)23(30)32/h7-10H,3-6,11-19,27H2,1-2H3,(H,28,33)(H,29,34). The van der Waals surface area contributed by atoms with Crippen LogP contribution in [0.4, 0.5) is 9.59 Å². The molecule has 0 atom stereocenters. The lowest BCUT2D eigenvalue weighted by atomic mass is 9.94. The van der Waals surface area contributed by atoms with Crippen molar-refractivity contribution in [2.45, 2.75) is 57.9 Å². The number of imide groups is 1. The van der Waals surface area contributed by atoms with Crippen LogP contribution in [0.3, 0.4) is 0 Å². The Morgan fingerprint density at radius 2 is 1.35 bits per heavy atom. The lowest BCUT2D eigenvalue weighted by molar-refractivity contribution is 0.0377. The van der Waals surface area contributed by atoms with E-state index in [2.05, 4.69) is 10.6 Å². The van der Waals surface area contributed by atoms with Crippen LogP contribution in [-0.4, -0.2) is 80.5 Å². The maximum Gasteiger partial charge on any atom is 0.407 e. The fourth-order valence-corrected chi connectivity index (χ4v) is 3.67. The van der Waals surface area contributed by atoms with Crippen LogP contribution in [0.25, 0.3) is 0 Å². The summed E-state index contributed by atoms with van der Waals surface area (Å²) in [6.45, 7) is 5.44. The summed E-state index contributed by atoms with van der Waals surface area (Å²) in [6, 6.07) is 6.67. The van der Waals surface area contributed by atoms with E-state index in [1.165, 1.54) is 0 Å². The highest BCUT2D eigenvalue weighted by Gasteiger charge is 2.35. The van der Waals surface area contributed by atoms with Crippen molar-refractivity contribution in [2.24, 2.45) is 5.73 Å². The van der Waals surface area contributed by atoms with E-state index in [-0.39, 0.29) is 57.6 Å². The van der Waals surface area contributed by atoms with Gasteiger partial charge in [0.25, 0.3) is 11.8 Å². The van der Waals surface area contributed by atoms with Crippen molar-refractivity contribution >= 4 is 24.0 Å². The molecule has 0 radical (unpaired) electrons. The maximum atomic E-state index is 12.5. The first kappa shape index (κ1) is 30.0. The van der Waals surface area contributed by atoms with E-state index in [0.29, 0.717) is 24.2 Å². The first-order chi connectivity index (χ1) is 17.8. The highest BCUT2D eigenvalue weighted by Crippen LogP contribution is 2.22. The topological polar surface area (TPSA) is 149 Å². The summed E-state index contributed by atoms with van der Waals surface area (Å²) >= 11 is 0. The number of alkyl carbamates (subject to hydrolysis) is 2. The van der Waals surface area contributed by atoms with Gasteiger partial charge < -0.3 is 30.6 Å². The van der Waals surface area contributed by atoms with Crippen molar-refractivity contribution < 1.29 is 33.4 Å². The zero-order valence-electron chi connectivity index (χ0n) is 21.9. The molecule has 0 aliphatic carbocycles. The van der Waals surface area contributed by atoms with Gasteiger partial charge in [0.2, 0.25) is 0 Å². The third kappa shape index (κ3) is 10.0. The van der Waals surface area contributed by atoms with Crippen LogP contribution in [0.2, 0.25) is 0 Å². The number of hydrogen-bond acceptors (Lipinski definition) is 8. The highest BCUT2D eigenvalue weighted by atomic mass is 16.6. The highest BCUT2D eigenvalue weighted by molar-refractivity contribution is 6.21. The molecule has 1 aliphatic heterocycles. The fourth-order valence-electron chi connectivity index (χ4n) is 3.67. The van der Waals surface area contributed by atoms with Gasteiger partial charge in [0.15, 0.2) is 0 Å². The van der Waals surface area contributed by atoms with Crippen molar-refractivity contribution in [3.63, 3.8) is 0 Å². The molecule has 11 heteroatoms. The first-order valence-electron chi connectivity index (χ1n) is 12.9. The largest absolute Gasteiger partial charge is 0.449 e. The van der Waals surface area contributed by atoms with E-state index in [0.717, 1.165) is 30.6 Å². The predicted octanol–water partition coefficient (Wildman–Crippen LogP) is 2.83. The molecule has 37 heavy (non-hydrogen) atoms. The second-order valence-corrected chi connectivity index (χ2v) is 9.05. The van der Waals surface area contributed by atoms with Crippen LogP contribution in [0, 0.1) is 0 Å². The van der Waals surface area contributed by atoms with Gasteiger partial charge in [-0.25, -0.2) is 9.59 Å². The van der Waals surface area contributed by atoms with E-state index in [1.807, 2.05) is 13.8 Å². The molecule has 1 aromatic rings. The maximum absolute atomic E-state index is 12.5. The molecular formula is C26H40N4O7. The van der Waals surface area contributed by atoms with Gasteiger partial charge >= 0.3 is 12.2 Å². The van der Waals surface area contributed by atoms with Crippen molar-refractivity contribution in [1.82, 2.24) is 15.5 Å². The molecule has 0 unspecified atom stereocenters. The second-order valence-electron chi connectivity index (χ2n) is 9.05. The Balaban J connectivity index is 1.83. The summed E-state index contributed by atoms with van der Waals surface area (Å²) in [5.41, 5.74) is 6.33. The molecule has 11 nitrogen and oxygen atoms in total. The van der Waals surface area contributed by atoms with E-state index >= 15 is 0 Å². The normalized spacial score (nSPS) is 12.9. The number of benzene rings is 1. The molecule has 0 saturated heterocycles. The zero-order valence-corrected chi connectivity index (χ0v) is 21.9. The van der Waals surface area contributed by atoms with Crippen molar-refractivity contribution in [3.05, 3.63) is 35.4 Å². The van der Waals surface area contributed by atoms with E-state index in [9.17, 15) is 19.2 Å². The molecule has 1 aromatic carbocycles. The third-order valence-corrected chi connectivity index (χ3v) is 5.99. The van der Waals surface area contributed by atoms with Gasteiger partial charge in [-0.15, -0.1) is 0 Å². The Labute approximate surface area is 218 Å². The van der Waals surface area contributed by atoms with Gasteiger partial charge in [0.05, 0.1) is 44.1 Å². The Kier molecular flexibility index (Phi) is 12.9. The van der Waals surface area contributed by atoms with Gasteiger partial charge in [-0.05, 0) is 25.0 Å². The molecule has 1 aliphatic rings. The third-order valence-electron chi connectivity index (χ3n) is 5.99. The molecule has 0 fully saturated rings.